The van der Waals surface area contributed by atoms with Crippen LogP contribution in [-0.2, 0) is 0 Å². The minimum absolute atomic E-state index is 0.388. The molecule has 0 aliphatic heterocycles. The zero-order valence-corrected chi connectivity index (χ0v) is 10.5. The molecule has 1 aromatic heterocycles. The Kier molecular flexibility index (Phi) is 4.24. The van der Waals surface area contributed by atoms with Crippen LogP contribution in [0.1, 0.15) is 25.7 Å². The van der Waals surface area contributed by atoms with Crippen molar-refractivity contribution in [3.63, 3.8) is 0 Å². The predicted octanol–water partition coefficient (Wildman–Crippen LogP) is 3.34. The molecule has 1 saturated carbocycles. The van der Waals surface area contributed by atoms with Gasteiger partial charge in [0.2, 0.25) is 0 Å². The lowest BCUT2D eigenvalue weighted by atomic mass is 9.86. The molecule has 1 aromatic rings. The Labute approximate surface area is 106 Å². The summed E-state index contributed by atoms with van der Waals surface area (Å²) in [6.07, 6.45) is 7.95. The third-order valence-electron chi connectivity index (χ3n) is 3.10. The Morgan fingerprint density at radius 2 is 2.19 bits per heavy atom. The van der Waals surface area contributed by atoms with Gasteiger partial charge in [-0.2, -0.15) is 0 Å². The lowest BCUT2D eigenvalue weighted by Gasteiger charge is -2.31. The van der Waals surface area contributed by atoms with E-state index in [2.05, 4.69) is 15.3 Å². The van der Waals surface area contributed by atoms with Crippen LogP contribution in [0.2, 0.25) is 5.02 Å². The van der Waals surface area contributed by atoms with Gasteiger partial charge in [-0.1, -0.05) is 24.4 Å². The van der Waals surface area contributed by atoms with Crippen LogP contribution in [0.3, 0.4) is 0 Å². The van der Waals surface area contributed by atoms with Gasteiger partial charge in [-0.15, -0.1) is 11.6 Å². The topological polar surface area (TPSA) is 37.8 Å². The molecule has 2 unspecified atom stereocenters. The molecular formula is C11H15Cl2N3. The highest BCUT2D eigenvalue weighted by Crippen LogP contribution is 2.29. The smallest absolute Gasteiger partial charge is 0.148 e. The molecule has 0 spiro atoms. The summed E-state index contributed by atoms with van der Waals surface area (Å²) in [5.74, 6) is 1.93. The lowest BCUT2D eigenvalue weighted by molar-refractivity contribution is 0.352. The number of rotatable bonds is 3. The molecule has 0 saturated heterocycles. The van der Waals surface area contributed by atoms with E-state index in [0.717, 1.165) is 12.2 Å². The van der Waals surface area contributed by atoms with Gasteiger partial charge in [0.25, 0.3) is 0 Å². The van der Waals surface area contributed by atoms with Crippen molar-refractivity contribution in [3.8, 4) is 0 Å². The summed E-state index contributed by atoms with van der Waals surface area (Å²) in [5.41, 5.74) is 0. The molecule has 0 aromatic carbocycles. The number of hydrogen-bond donors (Lipinski definition) is 1. The van der Waals surface area contributed by atoms with Crippen molar-refractivity contribution >= 4 is 29.0 Å². The number of alkyl halides is 1. The highest BCUT2D eigenvalue weighted by Gasteiger charge is 2.24. The molecule has 88 valence electrons. The van der Waals surface area contributed by atoms with E-state index in [9.17, 15) is 0 Å². The summed E-state index contributed by atoms with van der Waals surface area (Å²) in [6, 6.07) is 0.388. The lowest BCUT2D eigenvalue weighted by Crippen LogP contribution is -2.33. The molecule has 2 rings (SSSR count). The molecule has 1 aliphatic carbocycles. The fourth-order valence-electron chi connectivity index (χ4n) is 2.18. The third-order valence-corrected chi connectivity index (χ3v) is 3.77. The van der Waals surface area contributed by atoms with Crippen molar-refractivity contribution in [2.45, 2.75) is 31.7 Å². The van der Waals surface area contributed by atoms with E-state index < -0.39 is 0 Å². The van der Waals surface area contributed by atoms with E-state index in [1.807, 2.05) is 0 Å². The average molecular weight is 260 g/mol. The van der Waals surface area contributed by atoms with Gasteiger partial charge in [-0.3, -0.25) is 0 Å². The van der Waals surface area contributed by atoms with Crippen molar-refractivity contribution in [1.29, 1.82) is 0 Å². The molecule has 0 amide bonds. The highest BCUT2D eigenvalue weighted by molar-refractivity contribution is 6.32. The minimum atomic E-state index is 0.388. The first kappa shape index (κ1) is 11.9. The number of aromatic nitrogens is 2. The van der Waals surface area contributed by atoms with Crippen molar-refractivity contribution in [2.75, 3.05) is 11.2 Å². The molecule has 2 atom stereocenters. The largest absolute Gasteiger partial charge is 0.366 e. The summed E-state index contributed by atoms with van der Waals surface area (Å²) in [6.45, 7) is 0. The quantitative estimate of drug-likeness (QED) is 0.847. The predicted molar refractivity (Wildman–Crippen MR) is 67.1 cm³/mol. The Morgan fingerprint density at radius 3 is 2.94 bits per heavy atom. The van der Waals surface area contributed by atoms with Crippen molar-refractivity contribution < 1.29 is 0 Å². The monoisotopic (exact) mass is 259 g/mol. The van der Waals surface area contributed by atoms with Gasteiger partial charge < -0.3 is 5.32 Å². The average Bonchev–Trinajstić information content (AvgIpc) is 2.33. The standard InChI is InChI=1S/C11H15Cl2N3/c12-5-8-3-1-2-4-10(8)16-11-9(13)6-14-7-15-11/h6-8,10H,1-5H2,(H,14,15,16). The fraction of sp³-hybridized carbons (Fsp3) is 0.636. The van der Waals surface area contributed by atoms with Crippen LogP contribution in [0, 0.1) is 5.92 Å². The summed E-state index contributed by atoms with van der Waals surface area (Å²) >= 11 is 12.0. The van der Waals surface area contributed by atoms with Crippen molar-refractivity contribution in [2.24, 2.45) is 5.92 Å². The molecule has 1 fully saturated rings. The summed E-state index contributed by atoms with van der Waals surface area (Å²) in [5, 5.41) is 3.95. The first-order valence-electron chi connectivity index (χ1n) is 5.59. The maximum absolute atomic E-state index is 6.01. The maximum Gasteiger partial charge on any atom is 0.148 e. The normalized spacial score (nSPS) is 25.4. The van der Waals surface area contributed by atoms with Crippen LogP contribution in [0.4, 0.5) is 5.82 Å². The molecule has 5 heteroatoms. The first-order chi connectivity index (χ1) is 7.81. The van der Waals surface area contributed by atoms with Gasteiger partial charge in [0.05, 0.1) is 6.20 Å². The maximum atomic E-state index is 6.01. The van der Waals surface area contributed by atoms with Gasteiger partial charge in [0, 0.05) is 11.9 Å². The molecule has 1 heterocycles. The van der Waals surface area contributed by atoms with Gasteiger partial charge >= 0.3 is 0 Å². The fourth-order valence-corrected chi connectivity index (χ4v) is 2.71. The highest BCUT2D eigenvalue weighted by atomic mass is 35.5. The van der Waals surface area contributed by atoms with Gasteiger partial charge in [0.1, 0.15) is 17.2 Å². The van der Waals surface area contributed by atoms with Crippen LogP contribution in [0.25, 0.3) is 0 Å². The van der Waals surface area contributed by atoms with Crippen LogP contribution in [0.5, 0.6) is 0 Å². The minimum Gasteiger partial charge on any atom is -0.366 e. The second-order valence-corrected chi connectivity index (χ2v) is 4.88. The van der Waals surface area contributed by atoms with Gasteiger partial charge in [0.15, 0.2) is 0 Å². The van der Waals surface area contributed by atoms with E-state index >= 15 is 0 Å². The third kappa shape index (κ3) is 2.77. The number of halogens is 2. The summed E-state index contributed by atoms with van der Waals surface area (Å²) in [7, 11) is 0. The van der Waals surface area contributed by atoms with Crippen LogP contribution >= 0.6 is 23.2 Å². The Bertz CT molecular complexity index is 346. The molecule has 1 aliphatic rings. The number of nitrogens with one attached hydrogen (secondary N) is 1. The summed E-state index contributed by atoms with van der Waals surface area (Å²) in [4.78, 5) is 8.01. The second kappa shape index (κ2) is 5.69. The number of nitrogens with zero attached hydrogens (tertiary/aromatic N) is 2. The molecule has 0 radical (unpaired) electrons. The zero-order valence-electron chi connectivity index (χ0n) is 9.00. The Morgan fingerprint density at radius 1 is 1.38 bits per heavy atom. The van der Waals surface area contributed by atoms with Crippen molar-refractivity contribution in [3.05, 3.63) is 17.5 Å². The van der Waals surface area contributed by atoms with E-state index in [0.29, 0.717) is 22.9 Å². The Balaban J connectivity index is 2.05. The van der Waals surface area contributed by atoms with E-state index in [1.54, 1.807) is 6.20 Å². The zero-order chi connectivity index (χ0) is 11.4. The SMILES string of the molecule is ClCC1CCCCC1Nc1ncncc1Cl. The number of hydrogen-bond acceptors (Lipinski definition) is 3. The van der Waals surface area contributed by atoms with Crippen LogP contribution < -0.4 is 5.32 Å². The first-order valence-corrected chi connectivity index (χ1v) is 6.50. The van der Waals surface area contributed by atoms with Gasteiger partial charge in [-0.25, -0.2) is 9.97 Å². The number of anilines is 1. The van der Waals surface area contributed by atoms with Gasteiger partial charge in [-0.05, 0) is 18.8 Å². The van der Waals surface area contributed by atoms with Crippen LogP contribution in [-0.4, -0.2) is 21.9 Å². The summed E-state index contributed by atoms with van der Waals surface area (Å²) < 4.78 is 0. The van der Waals surface area contributed by atoms with Crippen molar-refractivity contribution in [1.82, 2.24) is 9.97 Å². The molecule has 3 nitrogen and oxygen atoms in total. The Hall–Kier alpha value is -0.540. The molecule has 16 heavy (non-hydrogen) atoms. The van der Waals surface area contributed by atoms with E-state index in [1.165, 1.54) is 25.6 Å². The molecule has 0 bridgehead atoms. The van der Waals surface area contributed by atoms with E-state index in [4.69, 9.17) is 23.2 Å². The van der Waals surface area contributed by atoms with Crippen LogP contribution in [0.15, 0.2) is 12.5 Å². The van der Waals surface area contributed by atoms with E-state index in [-0.39, 0.29) is 0 Å². The second-order valence-electron chi connectivity index (χ2n) is 4.17. The molecule has 1 N–H and O–H groups in total. The molecular weight excluding hydrogens is 245 g/mol.